The maximum absolute atomic E-state index is 13.0. The zero-order valence-corrected chi connectivity index (χ0v) is 26.4. The van der Waals surface area contributed by atoms with Crippen molar-refractivity contribution in [2.24, 2.45) is 0 Å². The Hall–Kier alpha value is -4.47. The molecular weight excluding hydrogens is 635 g/mol. The number of halogens is 3. The number of hydrogen-bond acceptors (Lipinski definition) is 9. The Bertz CT molecular complexity index is 1830. The number of alkyl halides is 3. The van der Waals surface area contributed by atoms with Crippen molar-refractivity contribution >= 4 is 50.8 Å². The molecule has 5 heterocycles. The number of anilines is 2. The van der Waals surface area contributed by atoms with E-state index in [4.69, 9.17) is 4.98 Å². The number of carbonyl (C=O) groups is 3. The molecule has 0 bridgehead atoms. The third kappa shape index (κ3) is 7.26. The van der Waals surface area contributed by atoms with Crippen LogP contribution in [0.5, 0.6) is 0 Å². The highest BCUT2D eigenvalue weighted by atomic mass is 32.1. The summed E-state index contributed by atoms with van der Waals surface area (Å²) < 4.78 is 39.6. The van der Waals surface area contributed by atoms with E-state index in [1.807, 2.05) is 6.07 Å². The van der Waals surface area contributed by atoms with Crippen molar-refractivity contribution in [1.29, 1.82) is 0 Å². The maximum Gasteiger partial charge on any atom is 0.433 e. The van der Waals surface area contributed by atoms with Crippen LogP contribution in [0.1, 0.15) is 71.2 Å². The van der Waals surface area contributed by atoms with E-state index in [1.54, 1.807) is 38.4 Å². The number of pyridine rings is 2. The molecule has 2 aliphatic heterocycles. The summed E-state index contributed by atoms with van der Waals surface area (Å²) in [4.78, 5) is 53.1. The second-order valence-corrected chi connectivity index (χ2v) is 13.3. The van der Waals surface area contributed by atoms with Crippen molar-refractivity contribution in [3.8, 4) is 0 Å². The number of benzene rings is 1. The highest BCUT2D eigenvalue weighted by Gasteiger charge is 2.33. The van der Waals surface area contributed by atoms with Crippen molar-refractivity contribution in [2.75, 3.05) is 29.9 Å². The lowest BCUT2D eigenvalue weighted by atomic mass is 9.95. The molecule has 4 aromatic rings. The minimum absolute atomic E-state index is 0.0486. The number of amides is 4. The smallest absolute Gasteiger partial charge is 0.386 e. The van der Waals surface area contributed by atoms with Gasteiger partial charge in [0.05, 0.1) is 38.3 Å². The van der Waals surface area contributed by atoms with E-state index >= 15 is 0 Å². The van der Waals surface area contributed by atoms with Gasteiger partial charge in [-0.1, -0.05) is 0 Å². The number of thiazole rings is 1. The SMILES string of the molecule is CC(C)(O)c1cc2nc(C3CCN(Cc4cncc(N5CCC(=O)NC5=O)c4)CC3)sc2cc1NC(=O)c1ccc(C(F)(F)F)nc1. The van der Waals surface area contributed by atoms with E-state index in [0.717, 1.165) is 59.5 Å². The molecule has 246 valence electrons. The summed E-state index contributed by atoms with van der Waals surface area (Å²) >= 11 is 1.51. The number of rotatable bonds is 7. The number of urea groups is 1. The van der Waals surface area contributed by atoms with Gasteiger partial charge in [0, 0.05) is 49.1 Å². The molecule has 4 amide bonds. The Morgan fingerprint density at radius 2 is 1.85 bits per heavy atom. The van der Waals surface area contributed by atoms with Gasteiger partial charge >= 0.3 is 12.2 Å². The number of carbonyl (C=O) groups excluding carboxylic acids is 3. The topological polar surface area (TPSA) is 141 Å². The van der Waals surface area contributed by atoms with Gasteiger partial charge in [0.25, 0.3) is 5.91 Å². The van der Waals surface area contributed by atoms with Crippen molar-refractivity contribution < 1.29 is 32.7 Å². The fraction of sp³-hybridized carbons (Fsp3) is 0.375. The molecule has 1 aromatic carbocycles. The van der Waals surface area contributed by atoms with Gasteiger partial charge in [-0.25, -0.2) is 9.78 Å². The molecule has 15 heteroatoms. The summed E-state index contributed by atoms with van der Waals surface area (Å²) in [6.45, 7) is 5.78. The first-order valence-corrected chi connectivity index (χ1v) is 15.9. The lowest BCUT2D eigenvalue weighted by Gasteiger charge is -2.31. The van der Waals surface area contributed by atoms with Gasteiger partial charge in [-0.15, -0.1) is 11.3 Å². The summed E-state index contributed by atoms with van der Waals surface area (Å²) in [5.74, 6) is -0.724. The Balaban J connectivity index is 1.13. The summed E-state index contributed by atoms with van der Waals surface area (Å²) in [5, 5.41) is 16.9. The first-order valence-electron chi connectivity index (χ1n) is 15.0. The van der Waals surface area contributed by atoms with Crippen LogP contribution in [0, 0.1) is 0 Å². The van der Waals surface area contributed by atoms with Crippen LogP contribution >= 0.6 is 11.3 Å². The number of nitrogens with one attached hydrogen (secondary N) is 2. The number of nitrogens with zero attached hydrogens (tertiary/aromatic N) is 5. The summed E-state index contributed by atoms with van der Waals surface area (Å²) in [5.41, 5.74) is 0.577. The van der Waals surface area contributed by atoms with Crippen LogP contribution in [0.25, 0.3) is 10.2 Å². The fourth-order valence-corrected chi connectivity index (χ4v) is 6.94. The van der Waals surface area contributed by atoms with Crippen LogP contribution in [-0.4, -0.2) is 62.4 Å². The number of aliphatic hydroxyl groups is 1. The van der Waals surface area contributed by atoms with Crippen molar-refractivity contribution in [2.45, 2.75) is 57.3 Å². The Kier molecular flexibility index (Phi) is 8.72. The van der Waals surface area contributed by atoms with Crippen LogP contribution in [0.15, 0.2) is 48.9 Å². The Labute approximate surface area is 271 Å². The van der Waals surface area contributed by atoms with E-state index in [1.165, 1.54) is 16.2 Å². The average molecular weight is 668 g/mol. The van der Waals surface area contributed by atoms with Crippen molar-refractivity contribution in [1.82, 2.24) is 25.2 Å². The summed E-state index contributed by atoms with van der Waals surface area (Å²) in [6.07, 6.45) is 1.63. The quantitative estimate of drug-likeness (QED) is 0.238. The third-order valence-corrected chi connectivity index (χ3v) is 9.44. The van der Waals surface area contributed by atoms with E-state index in [2.05, 4.69) is 25.5 Å². The number of aromatic nitrogens is 3. The van der Waals surface area contributed by atoms with Gasteiger partial charge in [-0.2, -0.15) is 13.2 Å². The molecule has 47 heavy (non-hydrogen) atoms. The largest absolute Gasteiger partial charge is 0.433 e. The highest BCUT2D eigenvalue weighted by molar-refractivity contribution is 7.18. The monoisotopic (exact) mass is 667 g/mol. The number of imide groups is 1. The molecule has 6 rings (SSSR count). The highest BCUT2D eigenvalue weighted by Crippen LogP contribution is 2.39. The first kappa shape index (κ1) is 32.5. The lowest BCUT2D eigenvalue weighted by Crippen LogP contribution is -2.49. The van der Waals surface area contributed by atoms with Gasteiger partial charge in [-0.3, -0.25) is 34.7 Å². The summed E-state index contributed by atoms with van der Waals surface area (Å²) in [7, 11) is 0. The second-order valence-electron chi connectivity index (χ2n) is 12.2. The molecule has 0 aliphatic carbocycles. The number of piperidine rings is 1. The van der Waals surface area contributed by atoms with E-state index < -0.39 is 29.4 Å². The molecule has 0 atom stereocenters. The molecule has 3 N–H and O–H groups in total. The zero-order chi connectivity index (χ0) is 33.5. The van der Waals surface area contributed by atoms with Crippen LogP contribution in [0.2, 0.25) is 0 Å². The normalized spacial score (nSPS) is 16.9. The Morgan fingerprint density at radius 3 is 2.51 bits per heavy atom. The van der Waals surface area contributed by atoms with Gasteiger partial charge in [-0.05, 0) is 75.7 Å². The van der Waals surface area contributed by atoms with Crippen LogP contribution < -0.4 is 15.5 Å². The van der Waals surface area contributed by atoms with E-state index in [-0.39, 0.29) is 23.8 Å². The third-order valence-electron chi connectivity index (χ3n) is 8.26. The molecule has 2 aliphatic rings. The zero-order valence-electron chi connectivity index (χ0n) is 25.6. The van der Waals surface area contributed by atoms with Gasteiger partial charge in [0.2, 0.25) is 5.91 Å². The van der Waals surface area contributed by atoms with Gasteiger partial charge in [0.15, 0.2) is 0 Å². The molecule has 0 saturated carbocycles. The number of hydrogen-bond donors (Lipinski definition) is 3. The molecule has 0 unspecified atom stereocenters. The molecule has 3 aromatic heterocycles. The Morgan fingerprint density at radius 1 is 1.09 bits per heavy atom. The maximum atomic E-state index is 13.0. The molecule has 0 spiro atoms. The first-order chi connectivity index (χ1) is 22.2. The fourth-order valence-electron chi connectivity index (χ4n) is 5.78. The van der Waals surface area contributed by atoms with Crippen LogP contribution in [0.4, 0.5) is 29.3 Å². The van der Waals surface area contributed by atoms with E-state index in [9.17, 15) is 32.7 Å². The molecule has 2 fully saturated rings. The van der Waals surface area contributed by atoms with Crippen molar-refractivity contribution in [3.05, 3.63) is 76.3 Å². The second kappa shape index (κ2) is 12.6. The number of likely N-dealkylation sites (tertiary alicyclic amines) is 1. The summed E-state index contributed by atoms with van der Waals surface area (Å²) in [6, 6.07) is 6.78. The van der Waals surface area contributed by atoms with Gasteiger partial charge < -0.3 is 10.4 Å². The molecule has 2 saturated heterocycles. The minimum Gasteiger partial charge on any atom is -0.386 e. The van der Waals surface area contributed by atoms with E-state index in [0.29, 0.717) is 35.5 Å². The molecule has 0 radical (unpaired) electrons. The number of fused-ring (bicyclic) bond motifs is 1. The predicted molar refractivity (Wildman–Crippen MR) is 169 cm³/mol. The van der Waals surface area contributed by atoms with Crippen molar-refractivity contribution in [3.63, 3.8) is 0 Å². The standard InChI is InChI=1S/C32H32F3N7O4S/c1-31(2,46)22-12-24-25(13-23(22)38-28(44)20-3-4-26(37-15-20)32(33,34)35)47-29(39-24)19-5-8-41(9-6-19)17-18-11-21(16-36-14-18)42-10-7-27(43)40-30(42)45/h3-4,11-16,19,46H,5-10,17H2,1-2H3,(H,38,44)(H,40,43,45). The van der Waals surface area contributed by atoms with Gasteiger partial charge in [0.1, 0.15) is 5.69 Å². The lowest BCUT2D eigenvalue weighted by molar-refractivity contribution is -0.141. The molecular formula is C32H32F3N7O4S. The molecule has 11 nitrogen and oxygen atoms in total. The minimum atomic E-state index is -4.62. The average Bonchev–Trinajstić information content (AvgIpc) is 3.43. The van der Waals surface area contributed by atoms with Crippen LogP contribution in [0.3, 0.4) is 0 Å². The predicted octanol–water partition coefficient (Wildman–Crippen LogP) is 5.41. The van der Waals surface area contributed by atoms with Crippen LogP contribution in [-0.2, 0) is 23.1 Å².